The van der Waals surface area contributed by atoms with E-state index >= 15 is 0 Å². The first-order valence-corrected chi connectivity index (χ1v) is 14.4. The minimum absolute atomic E-state index is 0.0122. The van der Waals surface area contributed by atoms with Crippen molar-refractivity contribution in [1.29, 1.82) is 0 Å². The van der Waals surface area contributed by atoms with Crippen LogP contribution in [0.4, 0.5) is 5.13 Å². The number of benzene rings is 1. The lowest BCUT2D eigenvalue weighted by Gasteiger charge is -2.36. The lowest BCUT2D eigenvalue weighted by molar-refractivity contribution is -0.117. The van der Waals surface area contributed by atoms with Crippen molar-refractivity contribution in [3.8, 4) is 0 Å². The second-order valence-corrected chi connectivity index (χ2v) is 11.6. The van der Waals surface area contributed by atoms with Gasteiger partial charge in [0.15, 0.2) is 5.13 Å². The van der Waals surface area contributed by atoms with Crippen LogP contribution in [0.15, 0.2) is 36.5 Å². The van der Waals surface area contributed by atoms with Crippen LogP contribution >= 0.6 is 11.3 Å². The van der Waals surface area contributed by atoms with Gasteiger partial charge in [0.1, 0.15) is 0 Å². The van der Waals surface area contributed by atoms with E-state index in [0.717, 1.165) is 53.2 Å². The maximum Gasteiger partial charge on any atom is 0.244 e. The topological polar surface area (TPSA) is 87.0 Å². The summed E-state index contributed by atoms with van der Waals surface area (Å²) in [5.74, 6) is 0.774. The predicted molar refractivity (Wildman–Crippen MR) is 150 cm³/mol. The Morgan fingerprint density at radius 2 is 2.06 bits per heavy atom. The molecule has 4 N–H and O–H groups in total. The number of aromatic amines is 1. The summed E-state index contributed by atoms with van der Waals surface area (Å²) in [4.78, 5) is 24.5. The predicted octanol–water partition coefficient (Wildman–Crippen LogP) is 5.55. The van der Waals surface area contributed by atoms with Gasteiger partial charge in [0.25, 0.3) is 0 Å². The molecule has 0 radical (unpaired) electrons. The standard InChI is InChI=1S/C29H39N5OS/c1-2-16-34(23-12-13-26-27(18-23)36-29(30)33-26)17-15-20-7-10-22(11-8-20)32-28(35)14-9-21-19-31-25-6-4-3-5-24(21)25/h3-6,9,14,19-20,22-23,31H,2,7-8,10-13,15-18H2,1H3,(H2,30,33)(H,32,35). The summed E-state index contributed by atoms with van der Waals surface area (Å²) in [7, 11) is 0. The molecule has 7 heteroatoms. The fourth-order valence-corrected chi connectivity index (χ4v) is 6.99. The Morgan fingerprint density at radius 3 is 2.89 bits per heavy atom. The molecule has 36 heavy (non-hydrogen) atoms. The van der Waals surface area contributed by atoms with E-state index in [1.807, 2.05) is 24.4 Å². The average Bonchev–Trinajstić information content (AvgIpc) is 3.48. The average molecular weight is 506 g/mol. The van der Waals surface area contributed by atoms with Gasteiger partial charge in [0, 0.05) is 40.1 Å². The molecule has 1 fully saturated rings. The summed E-state index contributed by atoms with van der Waals surface area (Å²) in [6.07, 6.45) is 15.9. The Bertz CT molecular complexity index is 1190. The quantitative estimate of drug-likeness (QED) is 0.333. The first kappa shape index (κ1) is 25.0. The number of nitrogens with one attached hydrogen (secondary N) is 2. The molecule has 5 rings (SSSR count). The molecular formula is C29H39N5OS. The van der Waals surface area contributed by atoms with Crippen LogP contribution in [0.1, 0.15) is 68.0 Å². The molecule has 2 heterocycles. The number of carbonyl (C=O) groups is 1. The van der Waals surface area contributed by atoms with E-state index in [-0.39, 0.29) is 5.91 Å². The Hall–Kier alpha value is -2.64. The number of thiazole rings is 1. The largest absolute Gasteiger partial charge is 0.375 e. The molecule has 1 saturated carbocycles. The number of aryl methyl sites for hydroxylation is 1. The van der Waals surface area contributed by atoms with E-state index in [2.05, 4.69) is 39.2 Å². The van der Waals surface area contributed by atoms with Crippen molar-refractivity contribution < 1.29 is 4.79 Å². The van der Waals surface area contributed by atoms with Crippen molar-refractivity contribution in [3.63, 3.8) is 0 Å². The minimum Gasteiger partial charge on any atom is -0.375 e. The summed E-state index contributed by atoms with van der Waals surface area (Å²) in [6, 6.07) is 9.08. The van der Waals surface area contributed by atoms with Gasteiger partial charge >= 0.3 is 0 Å². The lowest BCUT2D eigenvalue weighted by atomic mass is 9.83. The number of para-hydroxylation sites is 1. The fourth-order valence-electron chi connectivity index (χ4n) is 6.04. The molecule has 1 atom stereocenters. The van der Waals surface area contributed by atoms with Crippen LogP contribution in [0.3, 0.4) is 0 Å². The Kier molecular flexibility index (Phi) is 8.07. The van der Waals surface area contributed by atoms with Gasteiger partial charge in [-0.2, -0.15) is 0 Å². The summed E-state index contributed by atoms with van der Waals surface area (Å²) in [6.45, 7) is 4.63. The molecule has 192 valence electrons. The smallest absolute Gasteiger partial charge is 0.244 e. The van der Waals surface area contributed by atoms with Crippen LogP contribution in [0.25, 0.3) is 17.0 Å². The van der Waals surface area contributed by atoms with E-state index in [4.69, 9.17) is 5.73 Å². The highest BCUT2D eigenvalue weighted by atomic mass is 32.1. The zero-order valence-corrected chi connectivity index (χ0v) is 22.2. The van der Waals surface area contributed by atoms with E-state index in [1.54, 1.807) is 17.4 Å². The molecule has 2 aromatic heterocycles. The molecule has 2 aliphatic carbocycles. The van der Waals surface area contributed by atoms with Gasteiger partial charge in [-0.15, -0.1) is 11.3 Å². The monoisotopic (exact) mass is 505 g/mol. The van der Waals surface area contributed by atoms with Gasteiger partial charge in [-0.25, -0.2) is 4.98 Å². The highest BCUT2D eigenvalue weighted by Gasteiger charge is 2.28. The Morgan fingerprint density at radius 1 is 1.22 bits per heavy atom. The SMILES string of the molecule is CCCN(CCC1CCC(NC(=O)C=Cc2c[nH]c3ccccc23)CC1)C1CCc2nc(N)sc2C1. The molecule has 2 aliphatic rings. The van der Waals surface area contributed by atoms with Gasteiger partial charge in [0.2, 0.25) is 5.91 Å². The molecule has 0 bridgehead atoms. The third-order valence-corrected chi connectivity index (χ3v) is 8.96. The van der Waals surface area contributed by atoms with E-state index in [9.17, 15) is 4.79 Å². The number of hydrogen-bond acceptors (Lipinski definition) is 5. The van der Waals surface area contributed by atoms with Crippen LogP contribution in [-0.4, -0.2) is 45.9 Å². The fraction of sp³-hybridized carbons (Fsp3) is 0.517. The number of nitrogens with zero attached hydrogens (tertiary/aromatic N) is 2. The van der Waals surface area contributed by atoms with Gasteiger partial charge in [-0.05, 0) is 94.5 Å². The van der Waals surface area contributed by atoms with Crippen molar-refractivity contribution in [2.45, 2.75) is 76.8 Å². The Balaban J connectivity index is 1.06. The number of hydrogen-bond donors (Lipinski definition) is 3. The number of fused-ring (bicyclic) bond motifs is 2. The third kappa shape index (κ3) is 6.01. The van der Waals surface area contributed by atoms with Crippen LogP contribution < -0.4 is 11.1 Å². The van der Waals surface area contributed by atoms with Crippen LogP contribution in [0, 0.1) is 5.92 Å². The maximum atomic E-state index is 12.5. The number of aromatic nitrogens is 2. The highest BCUT2D eigenvalue weighted by Crippen LogP contribution is 2.32. The van der Waals surface area contributed by atoms with Gasteiger partial charge in [-0.3, -0.25) is 4.79 Å². The van der Waals surface area contributed by atoms with Crippen molar-refractivity contribution in [1.82, 2.24) is 20.2 Å². The zero-order valence-electron chi connectivity index (χ0n) is 21.3. The number of rotatable bonds is 9. The zero-order chi connectivity index (χ0) is 24.9. The summed E-state index contributed by atoms with van der Waals surface area (Å²) in [5, 5.41) is 5.10. The molecule has 0 saturated heterocycles. The second kappa shape index (κ2) is 11.6. The summed E-state index contributed by atoms with van der Waals surface area (Å²) < 4.78 is 0. The van der Waals surface area contributed by atoms with Crippen molar-refractivity contribution >= 4 is 39.4 Å². The minimum atomic E-state index is 0.0122. The van der Waals surface area contributed by atoms with Crippen molar-refractivity contribution in [2.75, 3.05) is 18.8 Å². The van der Waals surface area contributed by atoms with Crippen molar-refractivity contribution in [2.24, 2.45) is 5.92 Å². The number of H-pyrrole nitrogens is 1. The number of anilines is 1. The van der Waals surface area contributed by atoms with Crippen LogP contribution in [0.5, 0.6) is 0 Å². The molecule has 1 amide bonds. The second-order valence-electron chi connectivity index (χ2n) is 10.5. The van der Waals surface area contributed by atoms with E-state index < -0.39 is 0 Å². The molecular weight excluding hydrogens is 466 g/mol. The molecule has 6 nitrogen and oxygen atoms in total. The van der Waals surface area contributed by atoms with Gasteiger partial charge < -0.3 is 20.9 Å². The lowest BCUT2D eigenvalue weighted by Crippen LogP contribution is -2.41. The normalized spacial score (nSPS) is 22.3. The van der Waals surface area contributed by atoms with E-state index in [0.29, 0.717) is 12.1 Å². The summed E-state index contributed by atoms with van der Waals surface area (Å²) >= 11 is 1.68. The summed E-state index contributed by atoms with van der Waals surface area (Å²) in [5.41, 5.74) is 9.34. The van der Waals surface area contributed by atoms with E-state index in [1.165, 1.54) is 55.8 Å². The molecule has 3 aromatic rings. The van der Waals surface area contributed by atoms with Gasteiger partial charge in [0.05, 0.1) is 5.69 Å². The number of nitrogen functional groups attached to an aromatic ring is 1. The number of amides is 1. The third-order valence-electron chi connectivity index (χ3n) is 8.01. The molecule has 0 spiro atoms. The number of nitrogens with two attached hydrogens (primary N) is 1. The van der Waals surface area contributed by atoms with Crippen LogP contribution in [0.2, 0.25) is 0 Å². The molecule has 1 aromatic carbocycles. The highest BCUT2D eigenvalue weighted by molar-refractivity contribution is 7.15. The van der Waals surface area contributed by atoms with Gasteiger partial charge in [-0.1, -0.05) is 25.1 Å². The molecule has 1 unspecified atom stereocenters. The first-order valence-electron chi connectivity index (χ1n) is 13.6. The Labute approximate surface area is 218 Å². The maximum absolute atomic E-state index is 12.5. The number of carbonyl (C=O) groups excluding carboxylic acids is 1. The van der Waals surface area contributed by atoms with Crippen molar-refractivity contribution in [3.05, 3.63) is 52.7 Å². The molecule has 0 aliphatic heterocycles. The van der Waals surface area contributed by atoms with Crippen LogP contribution in [-0.2, 0) is 17.6 Å². The first-order chi connectivity index (χ1) is 17.6.